The molecule has 0 aromatic heterocycles. The van der Waals surface area contributed by atoms with E-state index in [1.54, 1.807) is 41.3 Å². The largest absolute Gasteiger partial charge is 0.492 e. The number of hydrogen-bond acceptors (Lipinski definition) is 6. The molecule has 2 saturated heterocycles. The lowest BCUT2D eigenvalue weighted by Gasteiger charge is -2.45. The van der Waals surface area contributed by atoms with Crippen molar-refractivity contribution in [2.45, 2.75) is 25.2 Å². The summed E-state index contributed by atoms with van der Waals surface area (Å²) in [6.45, 7) is 2.49. The summed E-state index contributed by atoms with van der Waals surface area (Å²) in [5, 5.41) is 0. The standard InChI is InChI=1S/C37H30N2O6/c1-2-44-29-17-8-7-16-28(29)38-20-21(18-30(38)40)37(43)45-23-11-9-10-22(19-23)39-35(41)33-31-24-12-3-4-13-25(24)32(34(33)36(39)42)27-15-6-5-14-26(27)31/h3-17,19,21,31-34H,2,18,20H2,1H3/t21-,31?,32?,33+,34+/m1/s1. The van der Waals surface area contributed by atoms with Crippen LogP contribution in [-0.4, -0.2) is 36.8 Å². The van der Waals surface area contributed by atoms with Gasteiger partial charge in [-0.3, -0.25) is 19.2 Å². The summed E-state index contributed by atoms with van der Waals surface area (Å²) in [6, 6.07) is 30.0. The maximum atomic E-state index is 14.1. The second-order valence-electron chi connectivity index (χ2n) is 12.0. The highest BCUT2D eigenvalue weighted by Crippen LogP contribution is 2.61. The van der Waals surface area contributed by atoms with Gasteiger partial charge < -0.3 is 14.4 Å². The molecule has 3 aliphatic carbocycles. The fraction of sp³-hybridized carbons (Fsp3) is 0.243. The molecule has 0 radical (unpaired) electrons. The number of ether oxygens (including phenoxy) is 2. The SMILES string of the molecule is CCOc1ccccc1N1C[C@H](C(=O)Oc2cccc(N3C(=O)[C@H]4C5c6ccccc6C(c6ccccc65)[C@@H]4C3=O)c2)CC1=O. The van der Waals surface area contributed by atoms with Gasteiger partial charge in [-0.1, -0.05) is 66.7 Å². The second-order valence-corrected chi connectivity index (χ2v) is 12.0. The molecule has 2 heterocycles. The molecule has 9 rings (SSSR count). The Morgan fingerprint density at radius 2 is 1.33 bits per heavy atom. The lowest BCUT2D eigenvalue weighted by Crippen LogP contribution is -2.41. The predicted octanol–water partition coefficient (Wildman–Crippen LogP) is 5.44. The van der Waals surface area contributed by atoms with E-state index in [1.807, 2.05) is 43.3 Å². The quantitative estimate of drug-likeness (QED) is 0.167. The number of benzene rings is 4. The molecule has 8 heteroatoms. The highest BCUT2D eigenvalue weighted by atomic mass is 16.5. The highest BCUT2D eigenvalue weighted by molar-refractivity contribution is 6.23. The van der Waals surface area contributed by atoms with Crippen molar-refractivity contribution in [3.8, 4) is 11.5 Å². The molecule has 45 heavy (non-hydrogen) atoms. The van der Waals surface area contributed by atoms with E-state index in [2.05, 4.69) is 24.3 Å². The van der Waals surface area contributed by atoms with Gasteiger partial charge in [0.2, 0.25) is 17.7 Å². The van der Waals surface area contributed by atoms with Crippen molar-refractivity contribution in [1.29, 1.82) is 0 Å². The Balaban J connectivity index is 1.05. The number of nitrogens with zero attached hydrogens (tertiary/aromatic N) is 2. The molecule has 2 bridgehead atoms. The van der Waals surface area contributed by atoms with Crippen molar-refractivity contribution < 1.29 is 28.7 Å². The minimum atomic E-state index is -0.679. The first-order valence-corrected chi connectivity index (χ1v) is 15.4. The Morgan fingerprint density at radius 1 is 0.756 bits per heavy atom. The smallest absolute Gasteiger partial charge is 0.316 e. The number of hydrogen-bond donors (Lipinski definition) is 0. The summed E-state index contributed by atoms with van der Waals surface area (Å²) in [6.07, 6.45) is 0.00926. The molecule has 5 aliphatic rings. The van der Waals surface area contributed by atoms with Crippen LogP contribution in [0.4, 0.5) is 11.4 Å². The number of amides is 3. The molecular formula is C37H30N2O6. The third-order valence-corrected chi connectivity index (χ3v) is 9.66. The first kappa shape index (κ1) is 27.3. The monoisotopic (exact) mass is 598 g/mol. The molecule has 0 N–H and O–H groups in total. The summed E-state index contributed by atoms with van der Waals surface area (Å²) in [5.41, 5.74) is 5.42. The molecule has 3 atom stereocenters. The Bertz CT molecular complexity index is 1790. The molecule has 3 amide bonds. The van der Waals surface area contributed by atoms with Crippen molar-refractivity contribution in [3.63, 3.8) is 0 Å². The molecule has 4 aromatic rings. The van der Waals surface area contributed by atoms with Crippen LogP contribution < -0.4 is 19.3 Å². The molecule has 0 spiro atoms. The number of para-hydroxylation sites is 2. The molecule has 8 nitrogen and oxygen atoms in total. The average molecular weight is 599 g/mol. The van der Waals surface area contributed by atoms with Crippen molar-refractivity contribution in [2.24, 2.45) is 17.8 Å². The van der Waals surface area contributed by atoms with E-state index < -0.39 is 23.7 Å². The summed E-state index contributed by atoms with van der Waals surface area (Å²) in [5.74, 6) is -2.52. The Hall–Kier alpha value is -5.24. The van der Waals surface area contributed by atoms with Gasteiger partial charge in [-0.15, -0.1) is 0 Å². The summed E-state index contributed by atoms with van der Waals surface area (Å²) in [7, 11) is 0. The van der Waals surface area contributed by atoms with Gasteiger partial charge in [-0.25, -0.2) is 4.90 Å². The number of rotatable bonds is 6. The number of esters is 1. The van der Waals surface area contributed by atoms with E-state index in [0.717, 1.165) is 22.3 Å². The van der Waals surface area contributed by atoms with E-state index in [0.29, 0.717) is 23.7 Å². The zero-order valence-electron chi connectivity index (χ0n) is 24.6. The van der Waals surface area contributed by atoms with Crippen molar-refractivity contribution >= 4 is 35.1 Å². The second kappa shape index (κ2) is 10.4. The van der Waals surface area contributed by atoms with E-state index in [-0.39, 0.29) is 48.3 Å². The fourth-order valence-electron chi connectivity index (χ4n) is 7.87. The summed E-state index contributed by atoms with van der Waals surface area (Å²) in [4.78, 5) is 57.3. The van der Waals surface area contributed by atoms with Crippen LogP contribution in [0.15, 0.2) is 97.1 Å². The van der Waals surface area contributed by atoms with E-state index in [9.17, 15) is 19.2 Å². The van der Waals surface area contributed by atoms with E-state index in [4.69, 9.17) is 9.47 Å². The first-order chi connectivity index (χ1) is 22.0. The minimum absolute atomic E-state index is 0.00926. The van der Waals surface area contributed by atoms with Gasteiger partial charge in [0.05, 0.1) is 35.7 Å². The van der Waals surface area contributed by atoms with Crippen LogP contribution in [0, 0.1) is 17.8 Å². The fourth-order valence-corrected chi connectivity index (χ4v) is 7.87. The van der Waals surface area contributed by atoms with Gasteiger partial charge in [0.25, 0.3) is 0 Å². The third kappa shape index (κ3) is 4.12. The number of imide groups is 1. The maximum absolute atomic E-state index is 14.1. The molecule has 0 saturated carbocycles. The van der Waals surface area contributed by atoms with E-state index in [1.165, 1.54) is 4.90 Å². The Kier molecular flexibility index (Phi) is 6.34. The van der Waals surface area contributed by atoms with Crippen LogP contribution in [0.3, 0.4) is 0 Å². The Morgan fingerprint density at radius 3 is 1.93 bits per heavy atom. The van der Waals surface area contributed by atoms with Crippen LogP contribution in [0.25, 0.3) is 0 Å². The van der Waals surface area contributed by atoms with Crippen LogP contribution in [0.1, 0.15) is 47.4 Å². The predicted molar refractivity (Wildman–Crippen MR) is 166 cm³/mol. The van der Waals surface area contributed by atoms with Gasteiger partial charge in [-0.2, -0.15) is 0 Å². The molecule has 2 aliphatic heterocycles. The van der Waals surface area contributed by atoms with Crippen molar-refractivity contribution in [1.82, 2.24) is 0 Å². The van der Waals surface area contributed by atoms with Crippen molar-refractivity contribution in [3.05, 3.63) is 119 Å². The summed E-state index contributed by atoms with van der Waals surface area (Å²) < 4.78 is 11.4. The van der Waals surface area contributed by atoms with Crippen LogP contribution >= 0.6 is 0 Å². The number of anilines is 2. The molecular weight excluding hydrogens is 568 g/mol. The normalized spacial score (nSPS) is 24.4. The molecule has 224 valence electrons. The van der Waals surface area contributed by atoms with Gasteiger partial charge in [-0.05, 0) is 53.4 Å². The van der Waals surface area contributed by atoms with Crippen LogP contribution in [-0.2, 0) is 19.2 Å². The van der Waals surface area contributed by atoms with E-state index >= 15 is 0 Å². The average Bonchev–Trinajstić information content (AvgIpc) is 3.58. The van der Waals surface area contributed by atoms with Gasteiger partial charge in [0, 0.05) is 30.9 Å². The maximum Gasteiger partial charge on any atom is 0.316 e. The Labute approximate surface area is 260 Å². The summed E-state index contributed by atoms with van der Waals surface area (Å²) >= 11 is 0. The lowest BCUT2D eigenvalue weighted by molar-refractivity contribution is -0.139. The highest BCUT2D eigenvalue weighted by Gasteiger charge is 2.61. The van der Waals surface area contributed by atoms with Crippen molar-refractivity contribution in [2.75, 3.05) is 23.0 Å². The number of carbonyl (C=O) groups is 4. The topological polar surface area (TPSA) is 93.2 Å². The lowest BCUT2D eigenvalue weighted by atomic mass is 9.55. The zero-order chi connectivity index (χ0) is 30.8. The van der Waals surface area contributed by atoms with Gasteiger partial charge >= 0.3 is 5.97 Å². The van der Waals surface area contributed by atoms with Gasteiger partial charge in [0.1, 0.15) is 11.5 Å². The molecule has 2 fully saturated rings. The zero-order valence-corrected chi connectivity index (χ0v) is 24.6. The molecule has 4 aromatic carbocycles. The van der Waals surface area contributed by atoms with Crippen LogP contribution in [0.2, 0.25) is 0 Å². The third-order valence-electron chi connectivity index (χ3n) is 9.66. The van der Waals surface area contributed by atoms with Crippen LogP contribution in [0.5, 0.6) is 11.5 Å². The number of carbonyl (C=O) groups excluding carboxylic acids is 4. The van der Waals surface area contributed by atoms with Gasteiger partial charge in [0.15, 0.2) is 0 Å². The molecule has 0 unspecified atom stereocenters. The minimum Gasteiger partial charge on any atom is -0.492 e. The first-order valence-electron chi connectivity index (χ1n) is 15.4.